The number of nitrogens with zero attached hydrogens (tertiary/aromatic N) is 2. The molecule has 3 aliphatic rings. The average Bonchev–Trinajstić information content (AvgIpc) is 3.12. The van der Waals surface area contributed by atoms with Gasteiger partial charge >= 0.3 is 0 Å². The summed E-state index contributed by atoms with van der Waals surface area (Å²) in [6.07, 6.45) is 2.89. The highest BCUT2D eigenvalue weighted by atomic mass is 16.2. The molecule has 1 atom stereocenters. The van der Waals surface area contributed by atoms with Crippen LogP contribution in [0.15, 0.2) is 36.4 Å². The van der Waals surface area contributed by atoms with Crippen LogP contribution in [-0.2, 0) is 22.7 Å². The Hall–Kier alpha value is -2.99. The third-order valence-electron chi connectivity index (χ3n) is 7.63. The summed E-state index contributed by atoms with van der Waals surface area (Å²) in [7, 11) is 0. The van der Waals surface area contributed by atoms with Crippen molar-refractivity contribution in [2.24, 2.45) is 0 Å². The van der Waals surface area contributed by atoms with Gasteiger partial charge in [0.2, 0.25) is 11.8 Å². The van der Waals surface area contributed by atoms with E-state index >= 15 is 0 Å². The van der Waals surface area contributed by atoms with Crippen molar-refractivity contribution in [1.82, 2.24) is 15.1 Å². The number of benzene rings is 2. The number of rotatable bonds is 4. The highest BCUT2D eigenvalue weighted by molar-refractivity contribution is 6.05. The molecule has 0 spiro atoms. The lowest BCUT2D eigenvalue weighted by Gasteiger charge is -2.33. The standard InChI is InChI=1S/C27H31N3O3/c1-17-4-3-5-18(2)23(17)16-29-12-10-19(11-13-29)20-6-7-22-21(14-20)15-30(27(22)33)24-8-9-25(31)28-26(24)32/h3-7,14,19,24H,8-13,15-16H2,1-2H3,(H,28,31,32). The number of piperidine rings is 2. The van der Waals surface area contributed by atoms with Gasteiger partial charge in [0.05, 0.1) is 0 Å². The highest BCUT2D eigenvalue weighted by Crippen LogP contribution is 2.34. The van der Waals surface area contributed by atoms with Crippen LogP contribution in [0.5, 0.6) is 0 Å². The van der Waals surface area contributed by atoms with Gasteiger partial charge in [-0.3, -0.25) is 24.6 Å². The molecule has 0 aromatic heterocycles. The van der Waals surface area contributed by atoms with Gasteiger partial charge < -0.3 is 4.90 Å². The maximum atomic E-state index is 12.9. The molecule has 2 aromatic rings. The summed E-state index contributed by atoms with van der Waals surface area (Å²) in [6.45, 7) is 7.97. The van der Waals surface area contributed by atoms with Gasteiger partial charge in [-0.05, 0) is 86.0 Å². The van der Waals surface area contributed by atoms with Crippen molar-refractivity contribution >= 4 is 17.7 Å². The third kappa shape index (κ3) is 4.20. The molecule has 3 aliphatic heterocycles. The molecule has 3 amide bonds. The van der Waals surface area contributed by atoms with Crippen LogP contribution < -0.4 is 5.32 Å². The number of carbonyl (C=O) groups is 3. The number of fused-ring (bicyclic) bond motifs is 1. The molecule has 0 bridgehead atoms. The zero-order valence-electron chi connectivity index (χ0n) is 19.4. The largest absolute Gasteiger partial charge is 0.322 e. The highest BCUT2D eigenvalue weighted by Gasteiger charge is 2.39. The predicted molar refractivity (Wildman–Crippen MR) is 126 cm³/mol. The summed E-state index contributed by atoms with van der Waals surface area (Å²) >= 11 is 0. The molecule has 1 N–H and O–H groups in total. The van der Waals surface area contributed by atoms with Gasteiger partial charge in [-0.15, -0.1) is 0 Å². The van der Waals surface area contributed by atoms with Crippen molar-refractivity contribution in [3.63, 3.8) is 0 Å². The lowest BCUT2D eigenvalue weighted by atomic mass is 9.87. The van der Waals surface area contributed by atoms with Gasteiger partial charge in [-0.2, -0.15) is 0 Å². The number of likely N-dealkylation sites (tertiary alicyclic amines) is 1. The summed E-state index contributed by atoms with van der Waals surface area (Å²) in [5, 5.41) is 2.37. The van der Waals surface area contributed by atoms with E-state index in [1.807, 2.05) is 6.07 Å². The topological polar surface area (TPSA) is 69.7 Å². The van der Waals surface area contributed by atoms with Crippen LogP contribution in [-0.4, -0.2) is 46.7 Å². The van der Waals surface area contributed by atoms with E-state index in [9.17, 15) is 14.4 Å². The Balaban J connectivity index is 1.24. The molecule has 6 heteroatoms. The van der Waals surface area contributed by atoms with E-state index in [0.29, 0.717) is 24.4 Å². The Kier molecular flexibility index (Phi) is 5.79. The first kappa shape index (κ1) is 21.8. The first-order valence-corrected chi connectivity index (χ1v) is 12.0. The van der Waals surface area contributed by atoms with E-state index in [4.69, 9.17) is 0 Å². The van der Waals surface area contributed by atoms with Crippen molar-refractivity contribution in [2.75, 3.05) is 13.1 Å². The second-order valence-corrected chi connectivity index (χ2v) is 9.74. The number of hydrogen-bond donors (Lipinski definition) is 1. The van der Waals surface area contributed by atoms with E-state index in [-0.39, 0.29) is 24.1 Å². The van der Waals surface area contributed by atoms with E-state index in [1.165, 1.54) is 22.3 Å². The molecule has 6 nitrogen and oxygen atoms in total. The second-order valence-electron chi connectivity index (χ2n) is 9.74. The van der Waals surface area contributed by atoms with Crippen molar-refractivity contribution in [3.8, 4) is 0 Å². The van der Waals surface area contributed by atoms with Gasteiger partial charge in [0, 0.05) is 25.1 Å². The number of amides is 3. The molecule has 0 aliphatic carbocycles. The second kappa shape index (κ2) is 8.75. The first-order chi connectivity index (χ1) is 15.9. The Bertz CT molecular complexity index is 1100. The molecule has 0 saturated carbocycles. The SMILES string of the molecule is Cc1cccc(C)c1CN1CCC(c2ccc3c(c2)CN(C2CCC(=O)NC2=O)C3=O)CC1. The Morgan fingerprint density at radius 2 is 1.70 bits per heavy atom. The third-order valence-corrected chi connectivity index (χ3v) is 7.63. The van der Waals surface area contributed by atoms with E-state index in [1.54, 1.807) is 4.90 Å². The molecule has 2 fully saturated rings. The van der Waals surface area contributed by atoms with E-state index < -0.39 is 6.04 Å². The summed E-state index contributed by atoms with van der Waals surface area (Å²) < 4.78 is 0. The Labute approximate surface area is 194 Å². The molecule has 5 rings (SSSR count). The fourth-order valence-corrected chi connectivity index (χ4v) is 5.59. The fraction of sp³-hybridized carbons (Fsp3) is 0.444. The quantitative estimate of drug-likeness (QED) is 0.732. The molecular weight excluding hydrogens is 414 g/mol. The van der Waals surface area contributed by atoms with Crippen molar-refractivity contribution in [3.05, 3.63) is 69.8 Å². The monoisotopic (exact) mass is 445 g/mol. The summed E-state index contributed by atoms with van der Waals surface area (Å²) in [5.74, 6) is -0.228. The minimum absolute atomic E-state index is 0.102. The number of imide groups is 1. The summed E-state index contributed by atoms with van der Waals surface area (Å²) in [6, 6.07) is 12.2. The van der Waals surface area contributed by atoms with Crippen molar-refractivity contribution in [2.45, 2.75) is 64.6 Å². The molecule has 172 valence electrons. The van der Waals surface area contributed by atoms with Crippen molar-refractivity contribution in [1.29, 1.82) is 0 Å². The molecule has 3 heterocycles. The zero-order chi connectivity index (χ0) is 23.1. The Morgan fingerprint density at radius 1 is 0.970 bits per heavy atom. The molecule has 0 radical (unpaired) electrons. The maximum Gasteiger partial charge on any atom is 0.255 e. The average molecular weight is 446 g/mol. The van der Waals surface area contributed by atoms with Gasteiger partial charge in [0.15, 0.2) is 0 Å². The van der Waals surface area contributed by atoms with E-state index in [2.05, 4.69) is 54.4 Å². The van der Waals surface area contributed by atoms with Crippen LogP contribution in [0.4, 0.5) is 0 Å². The number of hydrogen-bond acceptors (Lipinski definition) is 4. The normalized spacial score (nSPS) is 21.9. The summed E-state index contributed by atoms with van der Waals surface area (Å²) in [4.78, 5) is 40.9. The lowest BCUT2D eigenvalue weighted by molar-refractivity contribution is -0.136. The van der Waals surface area contributed by atoms with Crippen LogP contribution in [0.25, 0.3) is 0 Å². The van der Waals surface area contributed by atoms with Gasteiger partial charge in [-0.1, -0.05) is 30.3 Å². The fourth-order valence-electron chi connectivity index (χ4n) is 5.59. The number of carbonyl (C=O) groups excluding carboxylic acids is 3. The Morgan fingerprint density at radius 3 is 2.39 bits per heavy atom. The zero-order valence-corrected chi connectivity index (χ0v) is 19.4. The number of aryl methyl sites for hydroxylation is 2. The first-order valence-electron chi connectivity index (χ1n) is 12.0. The van der Waals surface area contributed by atoms with Gasteiger partial charge in [-0.25, -0.2) is 0 Å². The number of nitrogens with one attached hydrogen (secondary N) is 1. The minimum atomic E-state index is -0.556. The van der Waals surface area contributed by atoms with Crippen LogP contribution in [0, 0.1) is 13.8 Å². The molecule has 2 aromatic carbocycles. The van der Waals surface area contributed by atoms with Crippen molar-refractivity contribution < 1.29 is 14.4 Å². The molecule has 2 saturated heterocycles. The lowest BCUT2D eigenvalue weighted by Crippen LogP contribution is -2.52. The molecule has 33 heavy (non-hydrogen) atoms. The van der Waals surface area contributed by atoms with Crippen LogP contribution in [0.3, 0.4) is 0 Å². The molecular formula is C27H31N3O3. The smallest absolute Gasteiger partial charge is 0.255 e. The van der Waals surface area contributed by atoms with Crippen LogP contribution in [0.2, 0.25) is 0 Å². The maximum absolute atomic E-state index is 12.9. The van der Waals surface area contributed by atoms with Gasteiger partial charge in [0.1, 0.15) is 6.04 Å². The van der Waals surface area contributed by atoms with Crippen LogP contribution in [0.1, 0.15) is 69.8 Å². The predicted octanol–water partition coefficient (Wildman–Crippen LogP) is 3.44. The van der Waals surface area contributed by atoms with E-state index in [0.717, 1.165) is 38.0 Å². The molecule has 1 unspecified atom stereocenters. The summed E-state index contributed by atoms with van der Waals surface area (Å²) in [5.41, 5.74) is 7.15. The van der Waals surface area contributed by atoms with Gasteiger partial charge in [0.25, 0.3) is 5.91 Å². The minimum Gasteiger partial charge on any atom is -0.322 e. The van der Waals surface area contributed by atoms with Crippen LogP contribution >= 0.6 is 0 Å².